The van der Waals surface area contributed by atoms with Gasteiger partial charge in [0.25, 0.3) is 5.91 Å². The second-order valence-electron chi connectivity index (χ2n) is 6.44. The lowest BCUT2D eigenvalue weighted by molar-refractivity contribution is -0.119. The number of H-pyrrole nitrogens is 1. The third-order valence-electron chi connectivity index (χ3n) is 4.35. The number of aromatic amines is 1. The standard InChI is InChI=1S/C16H26N4O2/c1-5-6-14-12(7-17-19-14)16(22)20-8-13(10(2)3)15(9-20)18-11(4)21/h7,10,13,15H,5-6,8-9H2,1-4H3,(H,17,19)(H,18,21)/t13-,15+/m0/s1. The molecule has 1 saturated heterocycles. The van der Waals surface area contributed by atoms with Crippen LogP contribution in [0.2, 0.25) is 0 Å². The number of amides is 2. The Morgan fingerprint density at radius 1 is 1.45 bits per heavy atom. The van der Waals surface area contributed by atoms with Crippen LogP contribution in [0.5, 0.6) is 0 Å². The molecule has 2 heterocycles. The predicted octanol–water partition coefficient (Wildman–Crippen LogP) is 1.59. The molecule has 0 bridgehead atoms. The first-order chi connectivity index (χ1) is 10.4. The van der Waals surface area contributed by atoms with Crippen LogP contribution in [-0.2, 0) is 11.2 Å². The maximum absolute atomic E-state index is 12.8. The van der Waals surface area contributed by atoms with Crippen molar-refractivity contribution in [1.82, 2.24) is 20.4 Å². The normalized spacial score (nSPS) is 21.4. The fraction of sp³-hybridized carbons (Fsp3) is 0.688. The fourth-order valence-electron chi connectivity index (χ4n) is 3.19. The lowest BCUT2D eigenvalue weighted by atomic mass is 9.91. The summed E-state index contributed by atoms with van der Waals surface area (Å²) in [6, 6.07) is 0.0305. The SMILES string of the molecule is CCCc1[nH]ncc1C(=O)N1C[C@@H](NC(C)=O)[C@H](C(C)C)C1. The highest BCUT2D eigenvalue weighted by Crippen LogP contribution is 2.26. The Kier molecular flexibility index (Phi) is 5.21. The minimum absolute atomic E-state index is 0.00991. The molecule has 0 saturated carbocycles. The van der Waals surface area contributed by atoms with Crippen LogP contribution in [0, 0.1) is 11.8 Å². The van der Waals surface area contributed by atoms with Gasteiger partial charge in [-0.05, 0) is 12.3 Å². The Morgan fingerprint density at radius 2 is 2.18 bits per heavy atom. The van der Waals surface area contributed by atoms with Gasteiger partial charge < -0.3 is 10.2 Å². The summed E-state index contributed by atoms with van der Waals surface area (Å²) in [6.45, 7) is 9.11. The van der Waals surface area contributed by atoms with Crippen molar-refractivity contribution < 1.29 is 9.59 Å². The molecule has 6 nitrogen and oxygen atoms in total. The van der Waals surface area contributed by atoms with Crippen molar-refractivity contribution >= 4 is 11.8 Å². The predicted molar refractivity (Wildman–Crippen MR) is 84.4 cm³/mol. The van der Waals surface area contributed by atoms with Crippen molar-refractivity contribution in [3.05, 3.63) is 17.5 Å². The summed E-state index contributed by atoms with van der Waals surface area (Å²) in [5, 5.41) is 9.92. The molecule has 0 aliphatic carbocycles. The highest BCUT2D eigenvalue weighted by atomic mass is 16.2. The van der Waals surface area contributed by atoms with Crippen molar-refractivity contribution in [3.8, 4) is 0 Å². The van der Waals surface area contributed by atoms with Gasteiger partial charge in [0.2, 0.25) is 5.91 Å². The summed E-state index contributed by atoms with van der Waals surface area (Å²) >= 11 is 0. The number of hydrogen-bond donors (Lipinski definition) is 2. The molecule has 6 heteroatoms. The van der Waals surface area contributed by atoms with Gasteiger partial charge in [0.1, 0.15) is 0 Å². The van der Waals surface area contributed by atoms with Crippen LogP contribution >= 0.6 is 0 Å². The van der Waals surface area contributed by atoms with Crippen LogP contribution in [0.15, 0.2) is 6.20 Å². The Labute approximate surface area is 131 Å². The number of aryl methyl sites for hydroxylation is 1. The van der Waals surface area contributed by atoms with E-state index in [0.717, 1.165) is 18.5 Å². The molecule has 1 aliphatic rings. The van der Waals surface area contributed by atoms with Crippen LogP contribution in [0.4, 0.5) is 0 Å². The summed E-state index contributed by atoms with van der Waals surface area (Å²) < 4.78 is 0. The number of carbonyl (C=O) groups is 2. The first-order valence-corrected chi connectivity index (χ1v) is 8.02. The van der Waals surface area contributed by atoms with E-state index in [1.807, 2.05) is 4.90 Å². The summed E-state index contributed by atoms with van der Waals surface area (Å²) in [6.07, 6.45) is 3.40. The van der Waals surface area contributed by atoms with E-state index in [9.17, 15) is 9.59 Å². The molecule has 1 fully saturated rings. The van der Waals surface area contributed by atoms with Gasteiger partial charge in [0, 0.05) is 31.6 Å². The molecule has 2 N–H and O–H groups in total. The number of aromatic nitrogens is 2. The van der Waals surface area contributed by atoms with Crippen molar-refractivity contribution in [2.45, 2.75) is 46.6 Å². The molecular weight excluding hydrogens is 280 g/mol. The zero-order valence-corrected chi connectivity index (χ0v) is 13.8. The van der Waals surface area contributed by atoms with Crippen molar-refractivity contribution in [2.24, 2.45) is 11.8 Å². The molecule has 122 valence electrons. The van der Waals surface area contributed by atoms with E-state index < -0.39 is 0 Å². The zero-order valence-electron chi connectivity index (χ0n) is 13.8. The van der Waals surface area contributed by atoms with E-state index in [1.54, 1.807) is 6.20 Å². The smallest absolute Gasteiger partial charge is 0.257 e. The summed E-state index contributed by atoms with van der Waals surface area (Å²) in [5.41, 5.74) is 1.56. The number of hydrogen-bond acceptors (Lipinski definition) is 3. The highest BCUT2D eigenvalue weighted by Gasteiger charge is 2.38. The molecule has 22 heavy (non-hydrogen) atoms. The van der Waals surface area contributed by atoms with Crippen molar-refractivity contribution in [3.63, 3.8) is 0 Å². The minimum Gasteiger partial charge on any atom is -0.351 e. The molecule has 2 atom stereocenters. The Bertz CT molecular complexity index is 538. The number of likely N-dealkylation sites (tertiary alicyclic amines) is 1. The van der Waals surface area contributed by atoms with Gasteiger partial charge in [-0.2, -0.15) is 5.10 Å². The van der Waals surface area contributed by atoms with Gasteiger partial charge in [0.15, 0.2) is 0 Å². The van der Waals surface area contributed by atoms with E-state index in [2.05, 4.69) is 36.3 Å². The van der Waals surface area contributed by atoms with Crippen LogP contribution in [0.3, 0.4) is 0 Å². The maximum Gasteiger partial charge on any atom is 0.257 e. The molecule has 1 aliphatic heterocycles. The van der Waals surface area contributed by atoms with Crippen LogP contribution in [0.25, 0.3) is 0 Å². The molecule has 0 unspecified atom stereocenters. The van der Waals surface area contributed by atoms with Gasteiger partial charge >= 0.3 is 0 Å². The second-order valence-corrected chi connectivity index (χ2v) is 6.44. The van der Waals surface area contributed by atoms with Crippen molar-refractivity contribution in [1.29, 1.82) is 0 Å². The second kappa shape index (κ2) is 6.94. The monoisotopic (exact) mass is 306 g/mol. The maximum atomic E-state index is 12.8. The number of carbonyl (C=O) groups excluding carboxylic acids is 2. The molecule has 2 amide bonds. The van der Waals surface area contributed by atoms with E-state index in [-0.39, 0.29) is 23.8 Å². The van der Waals surface area contributed by atoms with Gasteiger partial charge in [-0.3, -0.25) is 14.7 Å². The first kappa shape index (κ1) is 16.5. The topological polar surface area (TPSA) is 78.1 Å². The number of rotatable bonds is 5. The van der Waals surface area contributed by atoms with E-state index in [1.165, 1.54) is 6.92 Å². The molecular formula is C16H26N4O2. The van der Waals surface area contributed by atoms with E-state index >= 15 is 0 Å². The quantitative estimate of drug-likeness (QED) is 0.867. The third-order valence-corrected chi connectivity index (χ3v) is 4.35. The zero-order chi connectivity index (χ0) is 16.3. The molecule has 0 aromatic carbocycles. The lowest BCUT2D eigenvalue weighted by Crippen LogP contribution is -2.41. The first-order valence-electron chi connectivity index (χ1n) is 8.02. The van der Waals surface area contributed by atoms with Crippen LogP contribution in [0.1, 0.15) is 50.2 Å². The number of nitrogens with one attached hydrogen (secondary N) is 2. The summed E-state index contributed by atoms with van der Waals surface area (Å²) in [7, 11) is 0. The van der Waals surface area contributed by atoms with Crippen molar-refractivity contribution in [2.75, 3.05) is 13.1 Å². The van der Waals surface area contributed by atoms with E-state index in [4.69, 9.17) is 0 Å². The molecule has 0 radical (unpaired) electrons. The molecule has 1 aromatic heterocycles. The Balaban J connectivity index is 2.13. The third kappa shape index (κ3) is 3.48. The number of nitrogens with zero attached hydrogens (tertiary/aromatic N) is 2. The van der Waals surface area contributed by atoms with E-state index in [0.29, 0.717) is 24.6 Å². The summed E-state index contributed by atoms with van der Waals surface area (Å²) in [4.78, 5) is 26.0. The van der Waals surface area contributed by atoms with Crippen LogP contribution in [-0.4, -0.2) is 46.0 Å². The fourth-order valence-corrected chi connectivity index (χ4v) is 3.19. The lowest BCUT2D eigenvalue weighted by Gasteiger charge is -2.21. The molecule has 0 spiro atoms. The minimum atomic E-state index is -0.0417. The van der Waals surface area contributed by atoms with Crippen LogP contribution < -0.4 is 5.32 Å². The molecule has 2 rings (SSSR count). The largest absolute Gasteiger partial charge is 0.351 e. The molecule has 1 aromatic rings. The summed E-state index contributed by atoms with van der Waals surface area (Å²) in [5.74, 6) is 0.666. The average molecular weight is 306 g/mol. The Hall–Kier alpha value is -1.85. The Morgan fingerprint density at radius 3 is 2.77 bits per heavy atom. The van der Waals surface area contributed by atoms with Gasteiger partial charge in [0.05, 0.1) is 17.8 Å². The average Bonchev–Trinajstić information content (AvgIpc) is 3.04. The van der Waals surface area contributed by atoms with Gasteiger partial charge in [-0.15, -0.1) is 0 Å². The van der Waals surface area contributed by atoms with Gasteiger partial charge in [-0.1, -0.05) is 27.2 Å². The highest BCUT2D eigenvalue weighted by molar-refractivity contribution is 5.95. The van der Waals surface area contributed by atoms with Gasteiger partial charge in [-0.25, -0.2) is 0 Å².